The summed E-state index contributed by atoms with van der Waals surface area (Å²) in [5.41, 5.74) is -0.549. The van der Waals surface area contributed by atoms with Crippen LogP contribution in [0.3, 0.4) is 0 Å². The fourth-order valence-corrected chi connectivity index (χ4v) is 3.61. The molecule has 0 aromatic carbocycles. The van der Waals surface area contributed by atoms with Crippen LogP contribution in [0.2, 0.25) is 0 Å². The summed E-state index contributed by atoms with van der Waals surface area (Å²) in [6.45, 7) is 4.39. The van der Waals surface area contributed by atoms with Crippen LogP contribution in [0.15, 0.2) is 0 Å². The molecule has 0 spiro atoms. The first kappa shape index (κ1) is 10.4. The maximum atomic E-state index is 10.6. The molecule has 0 bridgehead atoms. The number of hydrogen-bond donors (Lipinski definition) is 2. The first-order chi connectivity index (χ1) is 6.48. The lowest BCUT2D eigenvalue weighted by Crippen LogP contribution is -2.57. The minimum atomic E-state index is -0.595. The zero-order chi connectivity index (χ0) is 10.4. The average molecular weight is 198 g/mol. The van der Waals surface area contributed by atoms with Crippen molar-refractivity contribution in [2.75, 3.05) is 0 Å². The fraction of sp³-hybridized carbons (Fsp3) is 1.00. The van der Waals surface area contributed by atoms with E-state index in [1.165, 1.54) is 6.42 Å². The van der Waals surface area contributed by atoms with Crippen LogP contribution < -0.4 is 0 Å². The second-order valence-corrected chi connectivity index (χ2v) is 5.65. The Morgan fingerprint density at radius 3 is 2.57 bits per heavy atom. The maximum absolute atomic E-state index is 10.6. The van der Waals surface area contributed by atoms with Gasteiger partial charge in [-0.1, -0.05) is 26.7 Å². The van der Waals surface area contributed by atoms with Crippen LogP contribution in [-0.2, 0) is 0 Å². The number of fused-ring (bicyclic) bond motifs is 1. The highest BCUT2D eigenvalue weighted by atomic mass is 16.3. The number of aliphatic hydroxyl groups excluding tert-OH is 1. The van der Waals surface area contributed by atoms with Gasteiger partial charge in [0.25, 0.3) is 0 Å². The van der Waals surface area contributed by atoms with Crippen LogP contribution in [0.5, 0.6) is 0 Å². The predicted molar refractivity (Wildman–Crippen MR) is 55.9 cm³/mol. The number of rotatable bonds is 0. The van der Waals surface area contributed by atoms with Gasteiger partial charge in [-0.05, 0) is 30.6 Å². The highest BCUT2D eigenvalue weighted by molar-refractivity contribution is 5.06. The van der Waals surface area contributed by atoms with Gasteiger partial charge in [0.15, 0.2) is 0 Å². The van der Waals surface area contributed by atoms with E-state index in [0.717, 1.165) is 25.7 Å². The Kier molecular flexibility index (Phi) is 2.39. The molecule has 14 heavy (non-hydrogen) atoms. The van der Waals surface area contributed by atoms with Crippen LogP contribution in [0.4, 0.5) is 0 Å². The summed E-state index contributed by atoms with van der Waals surface area (Å²) in [4.78, 5) is 0. The molecule has 2 fully saturated rings. The van der Waals surface area contributed by atoms with Gasteiger partial charge in [0.2, 0.25) is 0 Å². The smallest absolute Gasteiger partial charge is 0.0728 e. The molecule has 2 aliphatic carbocycles. The lowest BCUT2D eigenvalue weighted by atomic mass is 9.53. The molecule has 2 nitrogen and oxygen atoms in total. The Morgan fingerprint density at radius 2 is 1.86 bits per heavy atom. The second kappa shape index (κ2) is 3.21. The van der Waals surface area contributed by atoms with E-state index >= 15 is 0 Å². The summed E-state index contributed by atoms with van der Waals surface area (Å²) < 4.78 is 0. The highest BCUT2D eigenvalue weighted by Crippen LogP contribution is 2.55. The summed E-state index contributed by atoms with van der Waals surface area (Å²) >= 11 is 0. The van der Waals surface area contributed by atoms with E-state index in [1.54, 1.807) is 0 Å². The zero-order valence-corrected chi connectivity index (χ0v) is 9.29. The fourth-order valence-electron chi connectivity index (χ4n) is 3.61. The van der Waals surface area contributed by atoms with Gasteiger partial charge in [-0.15, -0.1) is 0 Å². The van der Waals surface area contributed by atoms with E-state index in [-0.39, 0.29) is 11.5 Å². The maximum Gasteiger partial charge on any atom is 0.0728 e. The quantitative estimate of drug-likeness (QED) is 0.625. The Labute approximate surface area is 86.3 Å². The van der Waals surface area contributed by atoms with Gasteiger partial charge in [0.1, 0.15) is 0 Å². The first-order valence-electron chi connectivity index (χ1n) is 5.88. The molecule has 2 aliphatic rings. The van der Waals surface area contributed by atoms with Gasteiger partial charge in [-0.3, -0.25) is 0 Å². The highest BCUT2D eigenvalue weighted by Gasteiger charge is 2.55. The summed E-state index contributed by atoms with van der Waals surface area (Å²) in [6.07, 6.45) is 5.51. The molecular formula is C12H22O2. The molecule has 2 N–H and O–H groups in total. The molecule has 0 saturated heterocycles. The van der Waals surface area contributed by atoms with Crippen molar-refractivity contribution in [1.82, 2.24) is 0 Å². The summed E-state index contributed by atoms with van der Waals surface area (Å²) in [5.74, 6) is 0.441. The van der Waals surface area contributed by atoms with Crippen molar-refractivity contribution in [3.63, 3.8) is 0 Å². The van der Waals surface area contributed by atoms with Gasteiger partial charge in [-0.25, -0.2) is 0 Å². The molecule has 82 valence electrons. The lowest BCUT2D eigenvalue weighted by Gasteiger charge is -2.56. The minimum Gasteiger partial charge on any atom is -0.393 e. The third-order valence-electron chi connectivity index (χ3n) is 4.89. The molecule has 0 aromatic rings. The molecule has 4 atom stereocenters. The molecule has 0 amide bonds. The van der Waals surface area contributed by atoms with Crippen molar-refractivity contribution >= 4 is 0 Å². The van der Waals surface area contributed by atoms with Gasteiger partial charge < -0.3 is 10.2 Å². The van der Waals surface area contributed by atoms with Crippen molar-refractivity contribution in [1.29, 1.82) is 0 Å². The minimum absolute atomic E-state index is 0.0461. The van der Waals surface area contributed by atoms with E-state index in [9.17, 15) is 10.2 Å². The standard InChI is InChI=1S/C12H22O2/c1-9-7-10(13)8-12(14)6-4-3-5-11(9,12)2/h9-10,13-14H,3-8H2,1-2H3. The van der Waals surface area contributed by atoms with Crippen LogP contribution >= 0.6 is 0 Å². The van der Waals surface area contributed by atoms with E-state index < -0.39 is 5.60 Å². The van der Waals surface area contributed by atoms with Gasteiger partial charge in [0.05, 0.1) is 11.7 Å². The Bertz CT molecular complexity index is 228. The Balaban J connectivity index is 2.28. The van der Waals surface area contributed by atoms with E-state index in [2.05, 4.69) is 13.8 Å². The van der Waals surface area contributed by atoms with Gasteiger partial charge in [0, 0.05) is 6.42 Å². The zero-order valence-electron chi connectivity index (χ0n) is 9.29. The summed E-state index contributed by atoms with van der Waals surface area (Å²) in [5, 5.41) is 20.4. The molecule has 0 aromatic heterocycles. The molecule has 2 heteroatoms. The molecule has 2 saturated carbocycles. The largest absolute Gasteiger partial charge is 0.393 e. The third-order valence-corrected chi connectivity index (χ3v) is 4.89. The van der Waals surface area contributed by atoms with E-state index in [1.807, 2.05) is 0 Å². The van der Waals surface area contributed by atoms with E-state index in [4.69, 9.17) is 0 Å². The van der Waals surface area contributed by atoms with Crippen LogP contribution in [-0.4, -0.2) is 21.9 Å². The SMILES string of the molecule is CC1CC(O)CC2(O)CCCCC12C. The normalized spacial score (nSPS) is 54.0. The lowest BCUT2D eigenvalue weighted by molar-refractivity contribution is -0.183. The van der Waals surface area contributed by atoms with Crippen LogP contribution in [0.25, 0.3) is 0 Å². The third kappa shape index (κ3) is 1.31. The van der Waals surface area contributed by atoms with Crippen molar-refractivity contribution < 1.29 is 10.2 Å². The number of hydrogen-bond acceptors (Lipinski definition) is 2. The van der Waals surface area contributed by atoms with Gasteiger partial charge >= 0.3 is 0 Å². The van der Waals surface area contributed by atoms with Gasteiger partial charge in [-0.2, -0.15) is 0 Å². The summed E-state index contributed by atoms with van der Waals surface area (Å²) in [6, 6.07) is 0. The monoisotopic (exact) mass is 198 g/mol. The molecule has 0 heterocycles. The van der Waals surface area contributed by atoms with Crippen molar-refractivity contribution in [3.05, 3.63) is 0 Å². The molecule has 2 rings (SSSR count). The van der Waals surface area contributed by atoms with Crippen molar-refractivity contribution in [2.45, 2.75) is 64.1 Å². The average Bonchev–Trinajstić information content (AvgIpc) is 2.08. The first-order valence-corrected chi connectivity index (χ1v) is 5.88. The summed E-state index contributed by atoms with van der Waals surface area (Å²) in [7, 11) is 0. The molecular weight excluding hydrogens is 176 g/mol. The van der Waals surface area contributed by atoms with Crippen LogP contribution in [0.1, 0.15) is 52.4 Å². The topological polar surface area (TPSA) is 40.5 Å². The molecule has 0 aliphatic heterocycles. The van der Waals surface area contributed by atoms with Crippen molar-refractivity contribution in [3.8, 4) is 0 Å². The number of aliphatic hydroxyl groups is 2. The van der Waals surface area contributed by atoms with Crippen LogP contribution in [0, 0.1) is 11.3 Å². The Morgan fingerprint density at radius 1 is 1.21 bits per heavy atom. The molecule has 0 radical (unpaired) electrons. The predicted octanol–water partition coefficient (Wildman–Crippen LogP) is 2.09. The second-order valence-electron chi connectivity index (χ2n) is 5.65. The molecule has 4 unspecified atom stereocenters. The van der Waals surface area contributed by atoms with E-state index in [0.29, 0.717) is 12.3 Å². The Hall–Kier alpha value is -0.0800. The van der Waals surface area contributed by atoms with Crippen molar-refractivity contribution in [2.24, 2.45) is 11.3 Å².